The summed E-state index contributed by atoms with van der Waals surface area (Å²) in [7, 11) is 1.54. The molecule has 1 aromatic heterocycles. The zero-order valence-electron chi connectivity index (χ0n) is 9.95. The normalized spacial score (nSPS) is 9.83. The molecule has 2 aromatic rings. The quantitative estimate of drug-likeness (QED) is 0.644. The van der Waals surface area contributed by atoms with Crippen molar-refractivity contribution in [3.05, 3.63) is 53.2 Å². The van der Waals surface area contributed by atoms with Gasteiger partial charge in [-0.05, 0) is 5.56 Å². The Labute approximate surface area is 105 Å². The summed E-state index contributed by atoms with van der Waals surface area (Å²) < 4.78 is 0. The second-order valence-corrected chi connectivity index (χ2v) is 3.71. The zero-order valence-corrected chi connectivity index (χ0v) is 9.95. The van der Waals surface area contributed by atoms with Gasteiger partial charge in [-0.25, -0.2) is 15.0 Å². The van der Waals surface area contributed by atoms with Gasteiger partial charge in [0.15, 0.2) is 5.82 Å². The summed E-state index contributed by atoms with van der Waals surface area (Å²) in [6, 6.07) is 11.6. The van der Waals surface area contributed by atoms with Crippen molar-refractivity contribution in [3.8, 4) is 0 Å². The standard InChI is InChI=1S/C12H13N5O/c1-17(16-18)12-7-11(14-9-15-12)13-8-10-5-3-2-4-6-10/h2-7,9H,8H2,1H3,(H,13,14,15). The lowest BCUT2D eigenvalue weighted by molar-refractivity contribution is 0.950. The minimum absolute atomic E-state index is 0.454. The second kappa shape index (κ2) is 5.72. The fourth-order valence-corrected chi connectivity index (χ4v) is 1.45. The van der Waals surface area contributed by atoms with Crippen molar-refractivity contribution < 1.29 is 0 Å². The fraction of sp³-hybridized carbons (Fsp3) is 0.167. The highest BCUT2D eigenvalue weighted by Crippen LogP contribution is 2.13. The van der Waals surface area contributed by atoms with E-state index in [0.717, 1.165) is 10.6 Å². The molecule has 0 aliphatic heterocycles. The summed E-state index contributed by atoms with van der Waals surface area (Å²) in [5.41, 5.74) is 1.15. The van der Waals surface area contributed by atoms with Crippen LogP contribution in [-0.4, -0.2) is 17.0 Å². The van der Waals surface area contributed by atoms with Crippen LogP contribution in [0.3, 0.4) is 0 Å². The number of benzene rings is 1. The first-order chi connectivity index (χ1) is 8.79. The lowest BCUT2D eigenvalue weighted by Crippen LogP contribution is -2.10. The van der Waals surface area contributed by atoms with E-state index in [9.17, 15) is 4.91 Å². The summed E-state index contributed by atoms with van der Waals surface area (Å²) >= 11 is 0. The van der Waals surface area contributed by atoms with Crippen LogP contribution < -0.4 is 10.3 Å². The lowest BCUT2D eigenvalue weighted by Gasteiger charge is -2.09. The van der Waals surface area contributed by atoms with Gasteiger partial charge < -0.3 is 5.32 Å². The maximum absolute atomic E-state index is 10.4. The molecule has 0 radical (unpaired) electrons. The summed E-state index contributed by atoms with van der Waals surface area (Å²) in [6.45, 7) is 0.662. The lowest BCUT2D eigenvalue weighted by atomic mass is 10.2. The molecule has 0 aliphatic carbocycles. The van der Waals surface area contributed by atoms with Gasteiger partial charge in [-0.15, -0.1) is 4.91 Å². The Morgan fingerprint density at radius 1 is 1.28 bits per heavy atom. The van der Waals surface area contributed by atoms with Crippen molar-refractivity contribution in [1.82, 2.24) is 9.97 Å². The molecule has 0 spiro atoms. The van der Waals surface area contributed by atoms with E-state index in [4.69, 9.17) is 0 Å². The molecule has 0 atom stereocenters. The van der Waals surface area contributed by atoms with Crippen molar-refractivity contribution in [2.75, 3.05) is 17.4 Å². The molecule has 0 aliphatic rings. The van der Waals surface area contributed by atoms with Gasteiger partial charge in [-0.2, -0.15) is 0 Å². The van der Waals surface area contributed by atoms with E-state index < -0.39 is 0 Å². The third-order valence-electron chi connectivity index (χ3n) is 2.42. The molecule has 0 bridgehead atoms. The first-order valence-corrected chi connectivity index (χ1v) is 5.46. The van der Waals surface area contributed by atoms with Crippen LogP contribution in [0.2, 0.25) is 0 Å². The van der Waals surface area contributed by atoms with Crippen LogP contribution in [0.1, 0.15) is 5.56 Å². The summed E-state index contributed by atoms with van der Waals surface area (Å²) in [6.07, 6.45) is 1.39. The van der Waals surface area contributed by atoms with Crippen LogP contribution in [0.25, 0.3) is 0 Å². The Morgan fingerprint density at radius 3 is 2.78 bits per heavy atom. The van der Waals surface area contributed by atoms with E-state index in [1.54, 1.807) is 6.07 Å². The number of hydrogen-bond donors (Lipinski definition) is 1. The molecule has 6 nitrogen and oxygen atoms in total. The average molecular weight is 243 g/mol. The van der Waals surface area contributed by atoms with Gasteiger partial charge in [0.25, 0.3) is 0 Å². The molecule has 18 heavy (non-hydrogen) atoms. The third kappa shape index (κ3) is 3.00. The van der Waals surface area contributed by atoms with Crippen molar-refractivity contribution in [2.45, 2.75) is 6.54 Å². The van der Waals surface area contributed by atoms with Crippen LogP contribution in [-0.2, 0) is 6.54 Å². The predicted octanol–water partition coefficient (Wildman–Crippen LogP) is 2.21. The number of nitrogens with zero attached hydrogens (tertiary/aromatic N) is 4. The molecule has 1 N–H and O–H groups in total. The number of hydrogen-bond acceptors (Lipinski definition) is 5. The Bertz CT molecular complexity index is 517. The summed E-state index contributed by atoms with van der Waals surface area (Å²) in [5, 5.41) is 7.09. The van der Waals surface area contributed by atoms with E-state index >= 15 is 0 Å². The van der Waals surface area contributed by atoms with Gasteiger partial charge >= 0.3 is 0 Å². The molecule has 0 saturated carbocycles. The number of rotatable bonds is 5. The van der Waals surface area contributed by atoms with E-state index in [0.29, 0.717) is 18.2 Å². The number of nitroso groups, excluding NO2 is 1. The van der Waals surface area contributed by atoms with Crippen LogP contribution in [0.15, 0.2) is 48.0 Å². The van der Waals surface area contributed by atoms with E-state index in [1.165, 1.54) is 13.4 Å². The van der Waals surface area contributed by atoms with Crippen molar-refractivity contribution in [2.24, 2.45) is 5.29 Å². The highest BCUT2D eigenvalue weighted by molar-refractivity contribution is 5.47. The van der Waals surface area contributed by atoms with Gasteiger partial charge in [-0.1, -0.05) is 30.3 Å². The number of nitrogens with one attached hydrogen (secondary N) is 1. The van der Waals surface area contributed by atoms with Crippen LogP contribution in [0, 0.1) is 4.91 Å². The molecule has 0 unspecified atom stereocenters. The Kier molecular flexibility index (Phi) is 3.80. The van der Waals surface area contributed by atoms with E-state index in [2.05, 4.69) is 20.6 Å². The Hall–Kier alpha value is -2.50. The zero-order chi connectivity index (χ0) is 12.8. The highest BCUT2D eigenvalue weighted by Gasteiger charge is 2.03. The smallest absolute Gasteiger partial charge is 0.156 e. The number of aromatic nitrogens is 2. The monoisotopic (exact) mass is 243 g/mol. The first-order valence-electron chi connectivity index (χ1n) is 5.46. The van der Waals surface area contributed by atoms with E-state index in [-0.39, 0.29) is 0 Å². The molecule has 1 heterocycles. The van der Waals surface area contributed by atoms with Crippen molar-refractivity contribution in [1.29, 1.82) is 0 Å². The van der Waals surface area contributed by atoms with Gasteiger partial charge in [0.1, 0.15) is 12.1 Å². The largest absolute Gasteiger partial charge is 0.366 e. The fourth-order valence-electron chi connectivity index (χ4n) is 1.45. The average Bonchev–Trinajstić information content (AvgIpc) is 2.45. The maximum atomic E-state index is 10.4. The summed E-state index contributed by atoms with van der Waals surface area (Å²) in [5.74, 6) is 1.11. The van der Waals surface area contributed by atoms with Gasteiger partial charge in [0.05, 0.1) is 5.29 Å². The second-order valence-electron chi connectivity index (χ2n) is 3.71. The van der Waals surface area contributed by atoms with E-state index in [1.807, 2.05) is 30.3 Å². The van der Waals surface area contributed by atoms with Gasteiger partial charge in [0, 0.05) is 19.7 Å². The van der Waals surface area contributed by atoms with Gasteiger partial charge in [0.2, 0.25) is 0 Å². The van der Waals surface area contributed by atoms with Gasteiger partial charge in [-0.3, -0.25) is 0 Å². The van der Waals surface area contributed by atoms with Crippen molar-refractivity contribution >= 4 is 11.6 Å². The Morgan fingerprint density at radius 2 is 2.06 bits per heavy atom. The topological polar surface area (TPSA) is 70.5 Å². The molecule has 92 valence electrons. The number of anilines is 2. The minimum atomic E-state index is 0.454. The van der Waals surface area contributed by atoms with Crippen LogP contribution in [0.5, 0.6) is 0 Å². The minimum Gasteiger partial charge on any atom is -0.366 e. The predicted molar refractivity (Wildman–Crippen MR) is 70.0 cm³/mol. The molecule has 6 heteroatoms. The SMILES string of the molecule is CN(N=O)c1cc(NCc2ccccc2)ncn1. The molecule has 0 saturated heterocycles. The maximum Gasteiger partial charge on any atom is 0.156 e. The van der Waals surface area contributed by atoms with Crippen LogP contribution in [0.4, 0.5) is 11.6 Å². The molecule has 1 aromatic carbocycles. The third-order valence-corrected chi connectivity index (χ3v) is 2.42. The van der Waals surface area contributed by atoms with Crippen molar-refractivity contribution in [3.63, 3.8) is 0 Å². The molecule has 0 fully saturated rings. The molecular formula is C12H13N5O. The van der Waals surface area contributed by atoms with Crippen LogP contribution >= 0.6 is 0 Å². The summed E-state index contributed by atoms with van der Waals surface area (Å²) in [4.78, 5) is 18.4. The Balaban J connectivity index is 2.04. The molecular weight excluding hydrogens is 230 g/mol. The highest BCUT2D eigenvalue weighted by atomic mass is 16.3. The first kappa shape index (κ1) is 12.0. The molecule has 2 rings (SSSR count). The molecule has 0 amide bonds.